The number of carbonyl (C=O) groups is 1. The van der Waals surface area contributed by atoms with Crippen molar-refractivity contribution in [1.29, 1.82) is 0 Å². The molecule has 0 bridgehead atoms. The molecule has 0 spiro atoms. The Balaban J connectivity index is 3.06. The Hall–Kier alpha value is -0.500. The van der Waals surface area contributed by atoms with Crippen molar-refractivity contribution in [1.82, 2.24) is 0 Å². The van der Waals surface area contributed by atoms with Crippen molar-refractivity contribution in [2.45, 2.75) is 3.26 Å². The van der Waals surface area contributed by atoms with Gasteiger partial charge in [0.1, 0.15) is 5.82 Å². The van der Waals surface area contributed by atoms with Gasteiger partial charge in [-0.1, -0.05) is 34.7 Å². The fourth-order valence-electron chi connectivity index (χ4n) is 0.967. The number of Topliss-reactive ketones (excluding diaryl/α,β-unsaturated/α-hetero) is 1. The molecule has 0 aliphatic carbocycles. The summed E-state index contributed by atoms with van der Waals surface area (Å²) in [5.74, 6) is -1.16. The van der Waals surface area contributed by atoms with Crippen LogP contribution in [0.25, 0.3) is 0 Å². The Labute approximate surface area is 101 Å². The Bertz CT molecular complexity index is 484. The lowest BCUT2D eigenvalue weighted by Gasteiger charge is -2.06. The molecule has 1 rings (SSSR count). The van der Waals surface area contributed by atoms with E-state index in [2.05, 4.69) is 0 Å². The molecule has 82 valence electrons. The van der Waals surface area contributed by atoms with Crippen molar-refractivity contribution >= 4 is 38.2 Å². The van der Waals surface area contributed by atoms with Crippen molar-refractivity contribution in [2.75, 3.05) is 6.26 Å². The first-order valence-electron chi connectivity index (χ1n) is 3.95. The topological polar surface area (TPSA) is 51.2 Å². The van der Waals surface area contributed by atoms with Crippen molar-refractivity contribution in [3.63, 3.8) is 0 Å². The van der Waals surface area contributed by atoms with Crippen LogP contribution in [0.3, 0.4) is 0 Å². The van der Waals surface area contributed by atoms with Gasteiger partial charge >= 0.3 is 0 Å². The Morgan fingerprint density at radius 2 is 2.07 bits per heavy atom. The van der Waals surface area contributed by atoms with Crippen LogP contribution in [0.4, 0.5) is 4.39 Å². The van der Waals surface area contributed by atoms with Gasteiger partial charge in [0.25, 0.3) is 0 Å². The van der Waals surface area contributed by atoms with Gasteiger partial charge in [0, 0.05) is 11.8 Å². The molecule has 0 heterocycles. The maximum absolute atomic E-state index is 12.8. The third kappa shape index (κ3) is 3.23. The lowest BCUT2D eigenvalue weighted by molar-refractivity contribution is 0.101. The van der Waals surface area contributed by atoms with Gasteiger partial charge in [0.2, 0.25) is 0 Å². The standard InChI is InChI=1S/C9H8FIO3S/c1-15(13,14)9(11)8(12)6-3-2-4-7(10)5-6/h2-5,9H,1H3/t9-/m1/s1. The summed E-state index contributed by atoms with van der Waals surface area (Å²) in [4.78, 5) is 11.6. The number of sulfone groups is 1. The highest BCUT2D eigenvalue weighted by molar-refractivity contribution is 14.1. The third-order valence-corrected chi connectivity index (χ3v) is 5.99. The van der Waals surface area contributed by atoms with Crippen LogP contribution in [0.15, 0.2) is 24.3 Å². The second kappa shape index (κ2) is 4.56. The van der Waals surface area contributed by atoms with Gasteiger partial charge in [0.05, 0.1) is 0 Å². The molecule has 1 aromatic carbocycles. The first-order valence-corrected chi connectivity index (χ1v) is 7.15. The molecule has 0 aromatic heterocycles. The van der Waals surface area contributed by atoms with E-state index in [9.17, 15) is 17.6 Å². The highest BCUT2D eigenvalue weighted by Crippen LogP contribution is 2.16. The van der Waals surface area contributed by atoms with E-state index in [1.165, 1.54) is 40.8 Å². The second-order valence-electron chi connectivity index (χ2n) is 3.02. The Morgan fingerprint density at radius 3 is 2.53 bits per heavy atom. The van der Waals surface area contributed by atoms with Gasteiger partial charge in [-0.3, -0.25) is 4.79 Å². The molecular formula is C9H8FIO3S. The van der Waals surface area contributed by atoms with Crippen molar-refractivity contribution in [3.8, 4) is 0 Å². The average molecular weight is 342 g/mol. The molecule has 0 amide bonds. The fourth-order valence-corrected chi connectivity index (χ4v) is 1.85. The van der Waals surface area contributed by atoms with E-state index < -0.39 is 24.7 Å². The molecule has 0 N–H and O–H groups in total. The van der Waals surface area contributed by atoms with E-state index in [0.29, 0.717) is 0 Å². The summed E-state index contributed by atoms with van der Waals surface area (Å²) in [6.07, 6.45) is 0.974. The van der Waals surface area contributed by atoms with Gasteiger partial charge in [-0.2, -0.15) is 0 Å². The molecule has 1 aromatic rings. The number of hydrogen-bond donors (Lipinski definition) is 0. The Morgan fingerprint density at radius 1 is 1.47 bits per heavy atom. The van der Waals surface area contributed by atoms with Crippen LogP contribution in [0.2, 0.25) is 0 Å². The van der Waals surface area contributed by atoms with Crippen LogP contribution < -0.4 is 0 Å². The quantitative estimate of drug-likeness (QED) is 0.478. The number of alkyl halides is 1. The molecule has 0 saturated heterocycles. The van der Waals surface area contributed by atoms with E-state index in [0.717, 1.165) is 12.3 Å². The van der Waals surface area contributed by atoms with Crippen LogP contribution in [0.5, 0.6) is 0 Å². The monoisotopic (exact) mass is 342 g/mol. The van der Waals surface area contributed by atoms with Crippen LogP contribution in [0, 0.1) is 5.82 Å². The van der Waals surface area contributed by atoms with E-state index in [-0.39, 0.29) is 5.56 Å². The summed E-state index contributed by atoms with van der Waals surface area (Å²) >= 11 is 1.53. The summed E-state index contributed by atoms with van der Waals surface area (Å²) in [6.45, 7) is 0. The van der Waals surface area contributed by atoms with Gasteiger partial charge in [0.15, 0.2) is 18.9 Å². The minimum Gasteiger partial charge on any atom is -0.292 e. The minimum atomic E-state index is -3.45. The zero-order valence-electron chi connectivity index (χ0n) is 7.78. The summed E-state index contributed by atoms with van der Waals surface area (Å²) in [7, 11) is -3.45. The molecule has 0 aliphatic rings. The molecule has 0 radical (unpaired) electrons. The number of carbonyl (C=O) groups excluding carboxylic acids is 1. The normalized spacial score (nSPS) is 13.5. The van der Waals surface area contributed by atoms with Crippen molar-refractivity contribution < 1.29 is 17.6 Å². The van der Waals surface area contributed by atoms with Gasteiger partial charge in [-0.15, -0.1) is 0 Å². The summed E-state index contributed by atoms with van der Waals surface area (Å²) in [6, 6.07) is 4.98. The number of rotatable bonds is 3. The number of benzene rings is 1. The first-order chi connectivity index (χ1) is 6.82. The van der Waals surface area contributed by atoms with E-state index in [1.54, 1.807) is 0 Å². The lowest BCUT2D eigenvalue weighted by atomic mass is 10.1. The van der Waals surface area contributed by atoms with E-state index in [1.807, 2.05) is 0 Å². The van der Waals surface area contributed by atoms with E-state index in [4.69, 9.17) is 0 Å². The van der Waals surface area contributed by atoms with E-state index >= 15 is 0 Å². The van der Waals surface area contributed by atoms with Crippen LogP contribution in [-0.2, 0) is 9.84 Å². The summed E-state index contributed by atoms with van der Waals surface area (Å²) in [5.41, 5.74) is 0.0693. The molecule has 0 aliphatic heterocycles. The van der Waals surface area contributed by atoms with Crippen LogP contribution in [-0.4, -0.2) is 23.7 Å². The van der Waals surface area contributed by atoms with Crippen molar-refractivity contribution in [2.24, 2.45) is 0 Å². The van der Waals surface area contributed by atoms with Crippen LogP contribution >= 0.6 is 22.6 Å². The van der Waals surface area contributed by atoms with Crippen molar-refractivity contribution in [3.05, 3.63) is 35.6 Å². The highest BCUT2D eigenvalue weighted by Gasteiger charge is 2.26. The predicted molar refractivity (Wildman–Crippen MR) is 63.4 cm³/mol. The number of halogens is 2. The minimum absolute atomic E-state index is 0.0693. The molecule has 1 atom stereocenters. The molecule has 6 heteroatoms. The third-order valence-electron chi connectivity index (χ3n) is 1.69. The molecule has 0 fully saturated rings. The number of ketones is 1. The maximum Gasteiger partial charge on any atom is 0.190 e. The smallest absolute Gasteiger partial charge is 0.190 e. The largest absolute Gasteiger partial charge is 0.292 e. The maximum atomic E-state index is 12.8. The zero-order chi connectivity index (χ0) is 11.6. The van der Waals surface area contributed by atoms with Gasteiger partial charge in [-0.25, -0.2) is 12.8 Å². The van der Waals surface area contributed by atoms with Gasteiger partial charge < -0.3 is 0 Å². The number of hydrogen-bond acceptors (Lipinski definition) is 3. The molecule has 15 heavy (non-hydrogen) atoms. The highest BCUT2D eigenvalue weighted by atomic mass is 127. The first kappa shape index (κ1) is 12.6. The predicted octanol–water partition coefficient (Wildman–Crippen LogP) is 1.81. The average Bonchev–Trinajstić information content (AvgIpc) is 2.14. The Kier molecular flexibility index (Phi) is 3.82. The molecule has 0 unspecified atom stereocenters. The summed E-state index contributed by atoms with van der Waals surface area (Å²) in [5, 5.41) is 0. The second-order valence-corrected chi connectivity index (χ2v) is 7.24. The SMILES string of the molecule is CS(=O)(=O)[C@@H](I)C(=O)c1cccc(F)c1. The molecule has 3 nitrogen and oxygen atoms in total. The molecule has 0 saturated carbocycles. The van der Waals surface area contributed by atoms with Crippen LogP contribution in [0.1, 0.15) is 10.4 Å². The lowest BCUT2D eigenvalue weighted by Crippen LogP contribution is -2.23. The zero-order valence-corrected chi connectivity index (χ0v) is 10.7. The van der Waals surface area contributed by atoms with Gasteiger partial charge in [-0.05, 0) is 12.1 Å². The fraction of sp³-hybridized carbons (Fsp3) is 0.222. The molecular weight excluding hydrogens is 334 g/mol. The summed E-state index contributed by atoms with van der Waals surface area (Å²) < 4.78 is 33.8.